The predicted octanol–water partition coefficient (Wildman–Crippen LogP) is 1.84. The zero-order valence-corrected chi connectivity index (χ0v) is 12.7. The van der Waals surface area contributed by atoms with Crippen LogP contribution >= 0.6 is 0 Å². The number of nitrogens with zero attached hydrogens (tertiary/aromatic N) is 3. The Morgan fingerprint density at radius 2 is 2.18 bits per heavy atom. The van der Waals surface area contributed by atoms with Crippen LogP contribution in [0.4, 0.5) is 0 Å². The van der Waals surface area contributed by atoms with E-state index in [4.69, 9.17) is 0 Å². The molecule has 1 amide bonds. The summed E-state index contributed by atoms with van der Waals surface area (Å²) in [5.41, 5.74) is 1.21. The van der Waals surface area contributed by atoms with Crippen molar-refractivity contribution in [3.8, 4) is 0 Å². The van der Waals surface area contributed by atoms with Gasteiger partial charge >= 0.3 is 0 Å². The number of imidazole rings is 1. The molecule has 1 atom stereocenters. The van der Waals surface area contributed by atoms with E-state index in [1.54, 1.807) is 12.5 Å². The molecule has 1 aromatic carbocycles. The van der Waals surface area contributed by atoms with E-state index in [1.165, 1.54) is 5.56 Å². The van der Waals surface area contributed by atoms with Gasteiger partial charge in [-0.15, -0.1) is 0 Å². The third-order valence-corrected chi connectivity index (χ3v) is 4.11. The van der Waals surface area contributed by atoms with Crippen LogP contribution in [0, 0.1) is 0 Å². The van der Waals surface area contributed by atoms with Crippen molar-refractivity contribution in [1.82, 2.24) is 19.8 Å². The predicted molar refractivity (Wildman–Crippen MR) is 85.2 cm³/mol. The lowest BCUT2D eigenvalue weighted by molar-refractivity contribution is -0.134. The van der Waals surface area contributed by atoms with Crippen molar-refractivity contribution in [2.24, 2.45) is 0 Å². The number of hydrogen-bond donors (Lipinski definition) is 1. The third kappa shape index (κ3) is 3.54. The van der Waals surface area contributed by atoms with Gasteiger partial charge in [0.05, 0.1) is 12.4 Å². The van der Waals surface area contributed by atoms with E-state index < -0.39 is 0 Å². The maximum atomic E-state index is 12.6. The van der Waals surface area contributed by atoms with Gasteiger partial charge in [0.15, 0.2) is 0 Å². The van der Waals surface area contributed by atoms with Crippen LogP contribution in [0.5, 0.6) is 0 Å². The molecule has 1 aliphatic rings. The molecule has 1 aromatic heterocycles. The fourth-order valence-electron chi connectivity index (χ4n) is 2.95. The van der Waals surface area contributed by atoms with Crippen molar-refractivity contribution in [3.05, 3.63) is 54.6 Å². The second kappa shape index (κ2) is 7.22. The molecular formula is C17H22N4O. The summed E-state index contributed by atoms with van der Waals surface area (Å²) in [4.78, 5) is 18.6. The fourth-order valence-corrected chi connectivity index (χ4v) is 2.95. The summed E-state index contributed by atoms with van der Waals surface area (Å²) in [6.45, 7) is 3.32. The van der Waals surface area contributed by atoms with Gasteiger partial charge in [-0.3, -0.25) is 4.79 Å². The van der Waals surface area contributed by atoms with Gasteiger partial charge in [0.25, 0.3) is 0 Å². The maximum Gasteiger partial charge on any atom is 0.223 e. The number of amides is 1. The highest BCUT2D eigenvalue weighted by molar-refractivity contribution is 5.76. The normalized spacial score (nSPS) is 18.4. The Labute approximate surface area is 131 Å². The van der Waals surface area contributed by atoms with Gasteiger partial charge in [0, 0.05) is 45.0 Å². The highest BCUT2D eigenvalue weighted by atomic mass is 16.2. The molecule has 22 heavy (non-hydrogen) atoms. The smallest absolute Gasteiger partial charge is 0.223 e. The molecule has 5 heteroatoms. The molecular weight excluding hydrogens is 276 g/mol. The van der Waals surface area contributed by atoms with E-state index in [0.29, 0.717) is 6.42 Å². The maximum absolute atomic E-state index is 12.6. The molecule has 1 saturated heterocycles. The van der Waals surface area contributed by atoms with Gasteiger partial charge in [-0.2, -0.15) is 0 Å². The number of nitrogens with one attached hydrogen (secondary N) is 1. The lowest BCUT2D eigenvalue weighted by Gasteiger charge is -2.36. The molecule has 0 saturated carbocycles. The summed E-state index contributed by atoms with van der Waals surface area (Å²) in [5, 5.41) is 3.39. The van der Waals surface area contributed by atoms with Gasteiger partial charge in [0.2, 0.25) is 5.91 Å². The van der Waals surface area contributed by atoms with E-state index >= 15 is 0 Å². The van der Waals surface area contributed by atoms with Crippen molar-refractivity contribution >= 4 is 5.91 Å². The molecule has 1 fully saturated rings. The average Bonchev–Trinajstić information content (AvgIpc) is 3.09. The molecule has 3 rings (SSSR count). The van der Waals surface area contributed by atoms with Gasteiger partial charge < -0.3 is 14.8 Å². The lowest BCUT2D eigenvalue weighted by atomic mass is 10.0. The molecule has 116 valence electrons. The van der Waals surface area contributed by atoms with Crippen LogP contribution in [0.25, 0.3) is 0 Å². The van der Waals surface area contributed by atoms with Crippen LogP contribution in [0.3, 0.4) is 0 Å². The Morgan fingerprint density at radius 1 is 1.32 bits per heavy atom. The highest BCUT2D eigenvalue weighted by Gasteiger charge is 2.27. The Balaban J connectivity index is 1.59. The van der Waals surface area contributed by atoms with Crippen molar-refractivity contribution in [2.75, 3.05) is 19.6 Å². The minimum atomic E-state index is 0.149. The molecule has 0 aliphatic carbocycles. The van der Waals surface area contributed by atoms with Crippen LogP contribution < -0.4 is 5.32 Å². The topological polar surface area (TPSA) is 50.2 Å². The molecule has 1 N–H and O–H groups in total. The molecule has 0 bridgehead atoms. The fraction of sp³-hybridized carbons (Fsp3) is 0.412. The zero-order valence-electron chi connectivity index (χ0n) is 12.7. The highest BCUT2D eigenvalue weighted by Crippen LogP contribution is 2.23. The number of rotatable bonds is 5. The summed E-state index contributed by atoms with van der Waals surface area (Å²) in [6.07, 6.45) is 6.93. The van der Waals surface area contributed by atoms with Crippen LogP contribution in [-0.2, 0) is 11.3 Å². The monoisotopic (exact) mass is 298 g/mol. The molecule has 0 spiro atoms. The van der Waals surface area contributed by atoms with Crippen molar-refractivity contribution in [1.29, 1.82) is 0 Å². The van der Waals surface area contributed by atoms with Crippen molar-refractivity contribution in [2.45, 2.75) is 25.4 Å². The largest absolute Gasteiger partial charge is 0.337 e. The minimum Gasteiger partial charge on any atom is -0.337 e. The van der Waals surface area contributed by atoms with Crippen LogP contribution in [0.1, 0.15) is 24.4 Å². The number of carbonyl (C=O) groups is 1. The minimum absolute atomic E-state index is 0.149. The third-order valence-electron chi connectivity index (χ3n) is 4.11. The SMILES string of the molecule is O=C(CCCn1ccnc1)N1CCNC[C@@H]1c1ccccc1. The summed E-state index contributed by atoms with van der Waals surface area (Å²) < 4.78 is 2.01. The first kappa shape index (κ1) is 14.8. The Morgan fingerprint density at radius 3 is 2.95 bits per heavy atom. The molecule has 5 nitrogen and oxygen atoms in total. The van der Waals surface area contributed by atoms with Crippen LogP contribution in [-0.4, -0.2) is 40.0 Å². The summed E-state index contributed by atoms with van der Waals surface area (Å²) in [5.74, 6) is 0.246. The van der Waals surface area contributed by atoms with Crippen LogP contribution in [0.2, 0.25) is 0 Å². The van der Waals surface area contributed by atoms with Gasteiger partial charge in [0.1, 0.15) is 0 Å². The van der Waals surface area contributed by atoms with E-state index in [2.05, 4.69) is 22.4 Å². The summed E-state index contributed by atoms with van der Waals surface area (Å²) in [6, 6.07) is 10.4. The second-order valence-corrected chi connectivity index (χ2v) is 5.62. The van der Waals surface area contributed by atoms with Gasteiger partial charge in [-0.25, -0.2) is 4.98 Å². The number of aromatic nitrogens is 2. The second-order valence-electron chi connectivity index (χ2n) is 5.62. The number of aryl methyl sites for hydroxylation is 1. The van der Waals surface area contributed by atoms with Crippen LogP contribution in [0.15, 0.2) is 49.1 Å². The zero-order chi connectivity index (χ0) is 15.2. The van der Waals surface area contributed by atoms with Gasteiger partial charge in [-0.05, 0) is 12.0 Å². The number of hydrogen-bond acceptors (Lipinski definition) is 3. The van der Waals surface area contributed by atoms with Crippen molar-refractivity contribution in [3.63, 3.8) is 0 Å². The Hall–Kier alpha value is -2.14. The molecule has 1 aliphatic heterocycles. The Bertz CT molecular complexity index is 582. The molecule has 0 unspecified atom stereocenters. The number of benzene rings is 1. The molecule has 0 radical (unpaired) electrons. The first-order valence-corrected chi connectivity index (χ1v) is 7.85. The Kier molecular flexibility index (Phi) is 4.85. The molecule has 2 aromatic rings. The quantitative estimate of drug-likeness (QED) is 0.916. The average molecular weight is 298 g/mol. The van der Waals surface area contributed by atoms with E-state index in [0.717, 1.165) is 32.6 Å². The molecule has 2 heterocycles. The first-order valence-electron chi connectivity index (χ1n) is 7.85. The summed E-state index contributed by atoms with van der Waals surface area (Å²) in [7, 11) is 0. The van der Waals surface area contributed by atoms with E-state index in [-0.39, 0.29) is 11.9 Å². The number of piperazine rings is 1. The lowest BCUT2D eigenvalue weighted by Crippen LogP contribution is -2.48. The summed E-state index contributed by atoms with van der Waals surface area (Å²) >= 11 is 0. The van der Waals surface area contributed by atoms with E-state index in [9.17, 15) is 4.79 Å². The number of carbonyl (C=O) groups excluding carboxylic acids is 1. The first-order chi connectivity index (χ1) is 10.8. The standard InChI is InChI=1S/C17H22N4O/c22-17(7-4-10-20-11-8-19-14-20)21-12-9-18-13-16(21)15-5-2-1-3-6-15/h1-3,5-6,8,11,14,16,18H,4,7,9-10,12-13H2/t16-/m1/s1. The van der Waals surface area contributed by atoms with Crippen molar-refractivity contribution < 1.29 is 4.79 Å². The van der Waals surface area contributed by atoms with Gasteiger partial charge in [-0.1, -0.05) is 30.3 Å². The van der Waals surface area contributed by atoms with E-state index in [1.807, 2.05) is 33.9 Å².